The standard InChI is InChI=1S/C10H14ClNO/c1-2-6-12-7-8-9(11)4-3-5-10(8)13/h3-5,12-13H,2,6-7H2,1H3. The molecular weight excluding hydrogens is 186 g/mol. The van der Waals surface area contributed by atoms with Crippen molar-refractivity contribution in [2.75, 3.05) is 6.54 Å². The summed E-state index contributed by atoms with van der Waals surface area (Å²) in [6, 6.07) is 5.17. The summed E-state index contributed by atoms with van der Waals surface area (Å²) in [7, 11) is 0. The molecule has 0 atom stereocenters. The topological polar surface area (TPSA) is 32.3 Å². The number of aromatic hydroxyl groups is 1. The predicted octanol–water partition coefficient (Wildman–Crippen LogP) is 2.55. The Balaban J connectivity index is 2.64. The van der Waals surface area contributed by atoms with Crippen LogP contribution in [0.3, 0.4) is 0 Å². The van der Waals surface area contributed by atoms with Crippen molar-refractivity contribution in [2.24, 2.45) is 0 Å². The molecule has 0 amide bonds. The lowest BCUT2D eigenvalue weighted by atomic mass is 10.2. The largest absolute Gasteiger partial charge is 0.508 e. The van der Waals surface area contributed by atoms with Crippen LogP contribution in [0.4, 0.5) is 0 Å². The summed E-state index contributed by atoms with van der Waals surface area (Å²) >= 11 is 5.91. The summed E-state index contributed by atoms with van der Waals surface area (Å²) in [5.41, 5.74) is 0.776. The van der Waals surface area contributed by atoms with Crippen LogP contribution in [-0.2, 0) is 6.54 Å². The molecule has 0 saturated carbocycles. The highest BCUT2D eigenvalue weighted by Crippen LogP contribution is 2.24. The fraction of sp³-hybridized carbons (Fsp3) is 0.400. The van der Waals surface area contributed by atoms with Crippen LogP contribution in [0.5, 0.6) is 5.75 Å². The second kappa shape index (κ2) is 5.10. The van der Waals surface area contributed by atoms with Crippen LogP contribution in [0, 0.1) is 0 Å². The highest BCUT2D eigenvalue weighted by molar-refractivity contribution is 6.31. The monoisotopic (exact) mass is 199 g/mol. The molecule has 0 aliphatic rings. The number of benzene rings is 1. The summed E-state index contributed by atoms with van der Waals surface area (Å²) in [5, 5.41) is 13.3. The average molecular weight is 200 g/mol. The first kappa shape index (κ1) is 10.4. The van der Waals surface area contributed by atoms with Gasteiger partial charge in [-0.05, 0) is 25.1 Å². The van der Waals surface area contributed by atoms with Crippen LogP contribution in [0.1, 0.15) is 18.9 Å². The van der Waals surface area contributed by atoms with E-state index in [2.05, 4.69) is 12.2 Å². The predicted molar refractivity (Wildman–Crippen MR) is 55.1 cm³/mol. The molecule has 72 valence electrons. The summed E-state index contributed by atoms with van der Waals surface area (Å²) < 4.78 is 0. The van der Waals surface area contributed by atoms with Crippen molar-refractivity contribution in [1.82, 2.24) is 5.32 Å². The van der Waals surface area contributed by atoms with Gasteiger partial charge in [0, 0.05) is 17.1 Å². The lowest BCUT2D eigenvalue weighted by molar-refractivity contribution is 0.464. The van der Waals surface area contributed by atoms with Gasteiger partial charge in [0.05, 0.1) is 0 Å². The first-order chi connectivity index (χ1) is 6.25. The fourth-order valence-electron chi connectivity index (χ4n) is 1.11. The summed E-state index contributed by atoms with van der Waals surface area (Å²) in [5.74, 6) is 0.260. The van der Waals surface area contributed by atoms with E-state index in [1.807, 2.05) is 0 Å². The van der Waals surface area contributed by atoms with Gasteiger partial charge in [0.25, 0.3) is 0 Å². The lowest BCUT2D eigenvalue weighted by Crippen LogP contribution is -2.14. The number of halogens is 1. The van der Waals surface area contributed by atoms with Gasteiger partial charge in [-0.25, -0.2) is 0 Å². The summed E-state index contributed by atoms with van der Waals surface area (Å²) in [4.78, 5) is 0. The Morgan fingerprint density at radius 3 is 2.85 bits per heavy atom. The van der Waals surface area contributed by atoms with Gasteiger partial charge in [0.15, 0.2) is 0 Å². The second-order valence-corrected chi connectivity index (χ2v) is 3.32. The van der Waals surface area contributed by atoms with Crippen molar-refractivity contribution >= 4 is 11.6 Å². The fourth-order valence-corrected chi connectivity index (χ4v) is 1.35. The zero-order chi connectivity index (χ0) is 9.68. The third-order valence-corrected chi connectivity index (χ3v) is 2.18. The van der Waals surface area contributed by atoms with Crippen molar-refractivity contribution in [1.29, 1.82) is 0 Å². The molecule has 13 heavy (non-hydrogen) atoms. The maximum absolute atomic E-state index is 9.47. The molecule has 0 bridgehead atoms. The molecule has 1 aromatic carbocycles. The van der Waals surface area contributed by atoms with E-state index in [1.165, 1.54) is 0 Å². The van der Waals surface area contributed by atoms with Crippen LogP contribution >= 0.6 is 11.6 Å². The SMILES string of the molecule is CCCNCc1c(O)cccc1Cl. The molecule has 0 aliphatic carbocycles. The first-order valence-electron chi connectivity index (χ1n) is 4.42. The van der Waals surface area contributed by atoms with Crippen molar-refractivity contribution in [3.63, 3.8) is 0 Å². The Hall–Kier alpha value is -0.730. The van der Waals surface area contributed by atoms with Gasteiger partial charge in [-0.15, -0.1) is 0 Å². The third-order valence-electron chi connectivity index (χ3n) is 1.82. The number of nitrogens with one attached hydrogen (secondary N) is 1. The molecule has 0 radical (unpaired) electrons. The zero-order valence-electron chi connectivity index (χ0n) is 7.68. The Labute approximate surface area is 83.5 Å². The average Bonchev–Trinajstić information content (AvgIpc) is 2.10. The second-order valence-electron chi connectivity index (χ2n) is 2.91. The van der Waals surface area contributed by atoms with E-state index in [1.54, 1.807) is 18.2 Å². The van der Waals surface area contributed by atoms with Gasteiger partial charge < -0.3 is 10.4 Å². The van der Waals surface area contributed by atoms with E-state index in [4.69, 9.17) is 11.6 Å². The molecule has 0 spiro atoms. The van der Waals surface area contributed by atoms with E-state index in [0.29, 0.717) is 11.6 Å². The summed E-state index contributed by atoms with van der Waals surface area (Å²) in [6.45, 7) is 3.66. The first-order valence-corrected chi connectivity index (χ1v) is 4.80. The number of phenolic OH excluding ortho intramolecular Hbond substituents is 1. The zero-order valence-corrected chi connectivity index (χ0v) is 8.43. The van der Waals surface area contributed by atoms with Crippen molar-refractivity contribution < 1.29 is 5.11 Å². The van der Waals surface area contributed by atoms with Gasteiger partial charge in [0.2, 0.25) is 0 Å². The molecule has 0 saturated heterocycles. The number of phenols is 1. The van der Waals surface area contributed by atoms with Gasteiger partial charge in [-0.1, -0.05) is 24.6 Å². The van der Waals surface area contributed by atoms with Gasteiger partial charge >= 0.3 is 0 Å². The van der Waals surface area contributed by atoms with Gasteiger partial charge in [-0.3, -0.25) is 0 Å². The molecule has 1 aromatic rings. The van der Waals surface area contributed by atoms with E-state index < -0.39 is 0 Å². The molecule has 0 heterocycles. The Bertz CT molecular complexity index is 255. The third kappa shape index (κ3) is 2.90. The molecule has 0 aromatic heterocycles. The van der Waals surface area contributed by atoms with Crippen LogP contribution in [0.15, 0.2) is 18.2 Å². The molecule has 3 heteroatoms. The minimum Gasteiger partial charge on any atom is -0.508 e. The lowest BCUT2D eigenvalue weighted by Gasteiger charge is -2.07. The Morgan fingerprint density at radius 2 is 2.23 bits per heavy atom. The molecular formula is C10H14ClNO. The van der Waals surface area contributed by atoms with E-state index in [0.717, 1.165) is 18.5 Å². The normalized spacial score (nSPS) is 10.3. The quantitative estimate of drug-likeness (QED) is 0.731. The minimum absolute atomic E-state index is 0.260. The van der Waals surface area contributed by atoms with Crippen molar-refractivity contribution in [3.8, 4) is 5.75 Å². The number of hydrogen-bond donors (Lipinski definition) is 2. The summed E-state index contributed by atoms with van der Waals surface area (Å²) in [6.07, 6.45) is 1.07. The van der Waals surface area contributed by atoms with E-state index in [9.17, 15) is 5.11 Å². The van der Waals surface area contributed by atoms with Crippen LogP contribution in [0.25, 0.3) is 0 Å². The highest BCUT2D eigenvalue weighted by Gasteiger charge is 2.04. The van der Waals surface area contributed by atoms with Crippen LogP contribution in [-0.4, -0.2) is 11.7 Å². The molecule has 0 aliphatic heterocycles. The van der Waals surface area contributed by atoms with Crippen LogP contribution < -0.4 is 5.32 Å². The maximum Gasteiger partial charge on any atom is 0.121 e. The molecule has 1 rings (SSSR count). The molecule has 2 N–H and O–H groups in total. The Kier molecular flexibility index (Phi) is 4.06. The van der Waals surface area contributed by atoms with Gasteiger partial charge in [-0.2, -0.15) is 0 Å². The maximum atomic E-state index is 9.47. The molecule has 0 fully saturated rings. The number of hydrogen-bond acceptors (Lipinski definition) is 2. The number of rotatable bonds is 4. The molecule has 2 nitrogen and oxygen atoms in total. The van der Waals surface area contributed by atoms with Gasteiger partial charge in [0.1, 0.15) is 5.75 Å². The minimum atomic E-state index is 0.260. The smallest absolute Gasteiger partial charge is 0.121 e. The highest BCUT2D eigenvalue weighted by atomic mass is 35.5. The Morgan fingerprint density at radius 1 is 1.46 bits per heavy atom. The molecule has 0 unspecified atom stereocenters. The van der Waals surface area contributed by atoms with E-state index >= 15 is 0 Å². The van der Waals surface area contributed by atoms with E-state index in [-0.39, 0.29) is 5.75 Å². The van der Waals surface area contributed by atoms with Crippen LogP contribution in [0.2, 0.25) is 5.02 Å². The van der Waals surface area contributed by atoms with Crippen molar-refractivity contribution in [2.45, 2.75) is 19.9 Å². The van der Waals surface area contributed by atoms with Crippen molar-refractivity contribution in [3.05, 3.63) is 28.8 Å².